The number of allylic oxidation sites excluding steroid dienone is 1. The Morgan fingerprint density at radius 1 is 1.41 bits per heavy atom. The van der Waals surface area contributed by atoms with E-state index in [9.17, 15) is 9.90 Å². The number of anilines is 1. The first-order chi connectivity index (χ1) is 10.6. The summed E-state index contributed by atoms with van der Waals surface area (Å²) in [6.45, 7) is 2.58. The molecule has 6 heteroatoms. The molecular formula is C16H20N2O4. The lowest BCUT2D eigenvalue weighted by Crippen LogP contribution is -2.44. The van der Waals surface area contributed by atoms with E-state index in [2.05, 4.69) is 5.32 Å². The number of nitrogens with zero attached hydrogens (tertiary/aromatic N) is 1. The molecule has 1 saturated heterocycles. The second kappa shape index (κ2) is 5.53. The SMILES string of the molecule is C/C=C1\C[C@H]2[C@@H](OC)Nc3cc(O)c(OC)cc3C(=O)N2C1. The molecular weight excluding hydrogens is 284 g/mol. The molecule has 2 atom stereocenters. The van der Waals surface area contributed by atoms with Gasteiger partial charge in [-0.05, 0) is 19.4 Å². The van der Waals surface area contributed by atoms with Gasteiger partial charge in [0.25, 0.3) is 5.91 Å². The number of hydrogen-bond acceptors (Lipinski definition) is 5. The number of aromatic hydroxyl groups is 1. The summed E-state index contributed by atoms with van der Waals surface area (Å²) in [5.74, 6) is 0.196. The molecule has 3 rings (SSSR count). The van der Waals surface area contributed by atoms with Crippen molar-refractivity contribution >= 4 is 11.6 Å². The highest BCUT2D eigenvalue weighted by molar-refractivity contribution is 6.02. The Morgan fingerprint density at radius 3 is 2.82 bits per heavy atom. The van der Waals surface area contributed by atoms with Crippen LogP contribution < -0.4 is 10.1 Å². The zero-order chi connectivity index (χ0) is 15.9. The van der Waals surface area contributed by atoms with Crippen LogP contribution in [0.3, 0.4) is 0 Å². The molecule has 118 valence electrons. The number of amides is 1. The van der Waals surface area contributed by atoms with Crippen LogP contribution in [0.25, 0.3) is 0 Å². The maximum atomic E-state index is 12.9. The summed E-state index contributed by atoms with van der Waals surface area (Å²) in [4.78, 5) is 14.7. The number of fused-ring (bicyclic) bond motifs is 2. The van der Waals surface area contributed by atoms with Crippen molar-refractivity contribution < 1.29 is 19.4 Å². The molecule has 0 spiro atoms. The highest BCUT2D eigenvalue weighted by Crippen LogP contribution is 2.38. The van der Waals surface area contributed by atoms with Crippen LogP contribution in [-0.2, 0) is 4.74 Å². The van der Waals surface area contributed by atoms with Gasteiger partial charge in [0.2, 0.25) is 0 Å². The Kier molecular flexibility index (Phi) is 3.70. The molecule has 0 aliphatic carbocycles. The largest absolute Gasteiger partial charge is 0.504 e. The van der Waals surface area contributed by atoms with E-state index >= 15 is 0 Å². The zero-order valence-corrected chi connectivity index (χ0v) is 12.9. The van der Waals surface area contributed by atoms with Crippen LogP contribution >= 0.6 is 0 Å². The van der Waals surface area contributed by atoms with Gasteiger partial charge in [0.1, 0.15) is 6.23 Å². The average molecular weight is 304 g/mol. The summed E-state index contributed by atoms with van der Waals surface area (Å²) in [6.07, 6.45) is 2.51. The number of phenols is 1. The number of methoxy groups -OCH3 is 2. The van der Waals surface area contributed by atoms with E-state index in [0.717, 1.165) is 6.42 Å². The maximum Gasteiger partial charge on any atom is 0.256 e. The molecule has 0 saturated carbocycles. The van der Waals surface area contributed by atoms with Gasteiger partial charge in [-0.15, -0.1) is 0 Å². The second-order valence-corrected chi connectivity index (χ2v) is 5.52. The van der Waals surface area contributed by atoms with Crippen molar-refractivity contribution in [1.82, 2.24) is 4.90 Å². The molecule has 1 aromatic carbocycles. The molecule has 6 nitrogen and oxygen atoms in total. The first-order valence-corrected chi connectivity index (χ1v) is 7.24. The van der Waals surface area contributed by atoms with Crippen molar-refractivity contribution in [3.63, 3.8) is 0 Å². The lowest BCUT2D eigenvalue weighted by atomic mass is 10.1. The number of ether oxygens (including phenoxy) is 2. The molecule has 0 aromatic heterocycles. The normalized spacial score (nSPS) is 25.5. The topological polar surface area (TPSA) is 71.0 Å². The third-order valence-electron chi connectivity index (χ3n) is 4.36. The van der Waals surface area contributed by atoms with Crippen LogP contribution in [0.1, 0.15) is 23.7 Å². The summed E-state index contributed by atoms with van der Waals surface area (Å²) in [7, 11) is 3.08. The van der Waals surface area contributed by atoms with Gasteiger partial charge in [-0.3, -0.25) is 4.79 Å². The van der Waals surface area contributed by atoms with Gasteiger partial charge >= 0.3 is 0 Å². The van der Waals surface area contributed by atoms with E-state index in [1.54, 1.807) is 13.2 Å². The van der Waals surface area contributed by atoms with Crippen molar-refractivity contribution in [3.8, 4) is 11.5 Å². The predicted octanol–water partition coefficient (Wildman–Crippen LogP) is 1.96. The molecule has 1 amide bonds. The number of rotatable bonds is 2. The minimum Gasteiger partial charge on any atom is -0.504 e. The van der Waals surface area contributed by atoms with Gasteiger partial charge in [0.15, 0.2) is 11.5 Å². The van der Waals surface area contributed by atoms with Crippen molar-refractivity contribution in [2.75, 3.05) is 26.1 Å². The quantitative estimate of drug-likeness (QED) is 0.817. The Labute approximate surface area is 129 Å². The van der Waals surface area contributed by atoms with E-state index < -0.39 is 0 Å². The zero-order valence-electron chi connectivity index (χ0n) is 12.9. The highest BCUT2D eigenvalue weighted by atomic mass is 16.5. The Morgan fingerprint density at radius 2 is 2.18 bits per heavy atom. The molecule has 0 unspecified atom stereocenters. The second-order valence-electron chi connectivity index (χ2n) is 5.52. The molecule has 2 N–H and O–H groups in total. The molecule has 2 aliphatic heterocycles. The number of nitrogens with one attached hydrogen (secondary N) is 1. The van der Waals surface area contributed by atoms with Crippen LogP contribution in [-0.4, -0.2) is 48.9 Å². The predicted molar refractivity (Wildman–Crippen MR) is 82.3 cm³/mol. The first-order valence-electron chi connectivity index (χ1n) is 7.24. The van der Waals surface area contributed by atoms with Gasteiger partial charge in [-0.2, -0.15) is 0 Å². The number of carbonyl (C=O) groups is 1. The van der Waals surface area contributed by atoms with E-state index in [1.807, 2.05) is 17.9 Å². The summed E-state index contributed by atoms with van der Waals surface area (Å²) < 4.78 is 10.7. The summed E-state index contributed by atoms with van der Waals surface area (Å²) in [5.41, 5.74) is 2.26. The molecule has 0 radical (unpaired) electrons. The maximum absolute atomic E-state index is 12.9. The molecule has 1 aromatic rings. The lowest BCUT2D eigenvalue weighted by molar-refractivity contribution is 0.0420. The Hall–Kier alpha value is -2.21. The fourth-order valence-corrected chi connectivity index (χ4v) is 3.13. The number of carbonyl (C=O) groups excluding carboxylic acids is 1. The summed E-state index contributed by atoms with van der Waals surface area (Å²) in [6, 6.07) is 3.02. The third kappa shape index (κ3) is 2.20. The van der Waals surface area contributed by atoms with Gasteiger partial charge in [0, 0.05) is 19.7 Å². The Balaban J connectivity index is 2.09. The molecule has 2 aliphatic rings. The Bertz CT molecular complexity index is 641. The van der Waals surface area contributed by atoms with E-state index in [0.29, 0.717) is 17.8 Å². The van der Waals surface area contributed by atoms with Crippen LogP contribution in [0.2, 0.25) is 0 Å². The number of benzene rings is 1. The van der Waals surface area contributed by atoms with Crippen LogP contribution in [0.5, 0.6) is 11.5 Å². The van der Waals surface area contributed by atoms with Crippen LogP contribution in [0.4, 0.5) is 5.69 Å². The molecule has 22 heavy (non-hydrogen) atoms. The summed E-state index contributed by atoms with van der Waals surface area (Å²) >= 11 is 0. The smallest absolute Gasteiger partial charge is 0.256 e. The molecule has 2 heterocycles. The average Bonchev–Trinajstić information content (AvgIpc) is 2.92. The minimum atomic E-state index is -0.324. The van der Waals surface area contributed by atoms with Gasteiger partial charge in [0.05, 0.1) is 24.4 Å². The van der Waals surface area contributed by atoms with Crippen molar-refractivity contribution in [3.05, 3.63) is 29.3 Å². The highest BCUT2D eigenvalue weighted by Gasteiger charge is 2.41. The van der Waals surface area contributed by atoms with Crippen molar-refractivity contribution in [2.45, 2.75) is 25.6 Å². The van der Waals surface area contributed by atoms with Crippen LogP contribution in [0, 0.1) is 0 Å². The van der Waals surface area contributed by atoms with Gasteiger partial charge in [-0.1, -0.05) is 11.6 Å². The minimum absolute atomic E-state index is 0.00685. The van der Waals surface area contributed by atoms with Gasteiger partial charge < -0.3 is 24.8 Å². The van der Waals surface area contributed by atoms with Crippen molar-refractivity contribution in [1.29, 1.82) is 0 Å². The fraction of sp³-hybridized carbons (Fsp3) is 0.438. The fourth-order valence-electron chi connectivity index (χ4n) is 3.13. The van der Waals surface area contributed by atoms with E-state index in [-0.39, 0.29) is 29.7 Å². The number of hydrogen-bond donors (Lipinski definition) is 2. The van der Waals surface area contributed by atoms with Crippen molar-refractivity contribution in [2.24, 2.45) is 0 Å². The van der Waals surface area contributed by atoms with E-state index in [4.69, 9.17) is 9.47 Å². The monoisotopic (exact) mass is 304 g/mol. The van der Waals surface area contributed by atoms with Gasteiger partial charge in [-0.25, -0.2) is 0 Å². The first kappa shape index (κ1) is 14.7. The standard InChI is InChI=1S/C16H20N2O4/c1-4-9-5-12-15(22-3)17-11-7-13(19)14(21-2)6-10(11)16(20)18(12)8-9/h4,6-7,12,15,17,19H,5,8H2,1-3H3/b9-4+/t12-,15+/m0/s1. The molecule has 1 fully saturated rings. The lowest BCUT2D eigenvalue weighted by Gasteiger charge is -2.27. The van der Waals surface area contributed by atoms with Crippen LogP contribution in [0.15, 0.2) is 23.8 Å². The summed E-state index contributed by atoms with van der Waals surface area (Å²) in [5, 5.41) is 13.2. The molecule has 0 bridgehead atoms. The third-order valence-corrected chi connectivity index (χ3v) is 4.36. The van der Waals surface area contributed by atoms with E-state index in [1.165, 1.54) is 18.7 Å². The number of phenolic OH excluding ortho intramolecular Hbond substituents is 1.